The molecule has 0 bridgehead atoms. The van der Waals surface area contributed by atoms with E-state index < -0.39 is 0 Å². The summed E-state index contributed by atoms with van der Waals surface area (Å²) >= 11 is 0. The maximum Gasteiger partial charge on any atom is 0.239 e. The second kappa shape index (κ2) is 10.4. The van der Waals surface area contributed by atoms with Gasteiger partial charge >= 0.3 is 0 Å². The van der Waals surface area contributed by atoms with Gasteiger partial charge in [-0.2, -0.15) is 0 Å². The Morgan fingerprint density at radius 2 is 1.86 bits per heavy atom. The van der Waals surface area contributed by atoms with Gasteiger partial charge in [0.15, 0.2) is 5.96 Å². The van der Waals surface area contributed by atoms with Crippen molar-refractivity contribution in [2.45, 2.75) is 38.3 Å². The predicted molar refractivity (Wildman–Crippen MR) is 100 cm³/mol. The number of carbonyl (C=O) groups excluding carboxylic acids is 1. The molecule has 6 heteroatoms. The third-order valence-electron chi connectivity index (χ3n) is 3.67. The highest BCUT2D eigenvalue weighted by Crippen LogP contribution is 2.17. The van der Waals surface area contributed by atoms with Crippen LogP contribution in [0.15, 0.2) is 35.3 Å². The first-order valence-corrected chi connectivity index (χ1v) is 7.56. The van der Waals surface area contributed by atoms with E-state index in [1.807, 2.05) is 30.3 Å². The van der Waals surface area contributed by atoms with Crippen LogP contribution in [0.3, 0.4) is 0 Å². The molecule has 1 amide bonds. The Kier molecular flexibility index (Phi) is 8.88. The van der Waals surface area contributed by atoms with Gasteiger partial charge in [-0.1, -0.05) is 43.2 Å². The zero-order chi connectivity index (χ0) is 14.9. The molecule has 2 rings (SSSR count). The molecule has 0 atom stereocenters. The first-order valence-electron chi connectivity index (χ1n) is 7.56. The SMILES string of the molecule is CN=C(NCC(=O)NCc1ccccc1)NC1CCCC1.I. The third kappa shape index (κ3) is 6.64. The Bertz CT molecular complexity index is 472. The van der Waals surface area contributed by atoms with Crippen LogP contribution in [-0.2, 0) is 11.3 Å². The fourth-order valence-corrected chi connectivity index (χ4v) is 2.48. The van der Waals surface area contributed by atoms with Gasteiger partial charge in [0.25, 0.3) is 0 Å². The molecule has 1 saturated carbocycles. The van der Waals surface area contributed by atoms with E-state index in [4.69, 9.17) is 0 Å². The molecule has 0 unspecified atom stereocenters. The molecule has 0 aliphatic heterocycles. The molecule has 3 N–H and O–H groups in total. The summed E-state index contributed by atoms with van der Waals surface area (Å²) < 4.78 is 0. The summed E-state index contributed by atoms with van der Waals surface area (Å²) in [7, 11) is 1.73. The minimum Gasteiger partial charge on any atom is -0.354 e. The van der Waals surface area contributed by atoms with Crippen molar-refractivity contribution in [2.75, 3.05) is 13.6 Å². The van der Waals surface area contributed by atoms with E-state index in [0.29, 0.717) is 18.5 Å². The molecule has 0 spiro atoms. The number of halogens is 1. The van der Waals surface area contributed by atoms with E-state index >= 15 is 0 Å². The summed E-state index contributed by atoms with van der Waals surface area (Å²) in [5.41, 5.74) is 1.10. The maximum absolute atomic E-state index is 11.8. The lowest BCUT2D eigenvalue weighted by Gasteiger charge is -2.16. The van der Waals surface area contributed by atoms with E-state index in [2.05, 4.69) is 20.9 Å². The van der Waals surface area contributed by atoms with Crippen LogP contribution in [0.1, 0.15) is 31.2 Å². The van der Waals surface area contributed by atoms with Gasteiger partial charge in [-0.05, 0) is 18.4 Å². The summed E-state index contributed by atoms with van der Waals surface area (Å²) in [5.74, 6) is 0.671. The fourth-order valence-electron chi connectivity index (χ4n) is 2.48. The van der Waals surface area contributed by atoms with Gasteiger partial charge in [0.05, 0.1) is 6.54 Å². The topological polar surface area (TPSA) is 65.5 Å². The quantitative estimate of drug-likeness (QED) is 0.391. The van der Waals surface area contributed by atoms with Gasteiger partial charge in [0, 0.05) is 19.6 Å². The minimum atomic E-state index is -0.0341. The number of benzene rings is 1. The molecule has 1 aliphatic carbocycles. The zero-order valence-electron chi connectivity index (χ0n) is 13.0. The summed E-state index contributed by atoms with van der Waals surface area (Å²) in [6.07, 6.45) is 4.90. The van der Waals surface area contributed by atoms with Crippen molar-refractivity contribution in [3.8, 4) is 0 Å². The second-order valence-electron chi connectivity index (χ2n) is 5.31. The van der Waals surface area contributed by atoms with Crippen LogP contribution in [0.4, 0.5) is 0 Å². The maximum atomic E-state index is 11.8. The lowest BCUT2D eigenvalue weighted by atomic mass is 10.2. The van der Waals surface area contributed by atoms with Gasteiger partial charge < -0.3 is 16.0 Å². The molecular weight excluding hydrogens is 391 g/mol. The molecule has 122 valence electrons. The van der Waals surface area contributed by atoms with E-state index in [9.17, 15) is 4.79 Å². The van der Waals surface area contributed by atoms with Crippen molar-refractivity contribution in [3.63, 3.8) is 0 Å². The van der Waals surface area contributed by atoms with Crippen molar-refractivity contribution in [1.29, 1.82) is 0 Å². The second-order valence-corrected chi connectivity index (χ2v) is 5.31. The van der Waals surface area contributed by atoms with Crippen LogP contribution in [0.2, 0.25) is 0 Å². The average molecular weight is 416 g/mol. The number of nitrogens with zero attached hydrogens (tertiary/aromatic N) is 1. The lowest BCUT2D eigenvalue weighted by molar-refractivity contribution is -0.120. The van der Waals surface area contributed by atoms with Crippen molar-refractivity contribution in [2.24, 2.45) is 4.99 Å². The van der Waals surface area contributed by atoms with Crippen LogP contribution in [0, 0.1) is 0 Å². The molecule has 0 heterocycles. The lowest BCUT2D eigenvalue weighted by Crippen LogP contribution is -2.46. The number of guanidine groups is 1. The largest absolute Gasteiger partial charge is 0.354 e. The van der Waals surface area contributed by atoms with Crippen LogP contribution in [-0.4, -0.2) is 31.5 Å². The first-order chi connectivity index (χ1) is 10.3. The standard InChI is InChI=1S/C16H24N4O.HI/c1-17-16(20-14-9-5-6-10-14)19-12-15(21)18-11-13-7-3-2-4-8-13;/h2-4,7-8,14H,5-6,9-12H2,1H3,(H,18,21)(H2,17,19,20);1H. The molecule has 0 saturated heterocycles. The number of aliphatic imine (C=N–C) groups is 1. The Hall–Kier alpha value is -1.31. The summed E-state index contributed by atoms with van der Waals surface area (Å²) in [6.45, 7) is 0.787. The number of hydrogen-bond acceptors (Lipinski definition) is 2. The average Bonchev–Trinajstić information content (AvgIpc) is 3.03. The molecule has 1 aliphatic rings. The van der Waals surface area contributed by atoms with E-state index in [1.165, 1.54) is 25.7 Å². The summed E-state index contributed by atoms with van der Waals surface area (Å²) in [4.78, 5) is 16.0. The molecule has 1 aromatic carbocycles. The van der Waals surface area contributed by atoms with E-state index in [-0.39, 0.29) is 36.4 Å². The molecule has 22 heavy (non-hydrogen) atoms. The highest BCUT2D eigenvalue weighted by Gasteiger charge is 2.16. The van der Waals surface area contributed by atoms with Crippen molar-refractivity contribution >= 4 is 35.8 Å². The van der Waals surface area contributed by atoms with E-state index in [1.54, 1.807) is 7.05 Å². The number of rotatable bonds is 5. The van der Waals surface area contributed by atoms with Crippen LogP contribution in [0.25, 0.3) is 0 Å². The van der Waals surface area contributed by atoms with Crippen LogP contribution < -0.4 is 16.0 Å². The van der Waals surface area contributed by atoms with Crippen molar-refractivity contribution < 1.29 is 4.79 Å². The number of amides is 1. The molecular formula is C16H25IN4O. The van der Waals surface area contributed by atoms with Crippen LogP contribution in [0.5, 0.6) is 0 Å². The fraction of sp³-hybridized carbons (Fsp3) is 0.500. The van der Waals surface area contributed by atoms with Crippen molar-refractivity contribution in [3.05, 3.63) is 35.9 Å². The number of hydrogen-bond donors (Lipinski definition) is 3. The molecule has 5 nitrogen and oxygen atoms in total. The highest BCUT2D eigenvalue weighted by molar-refractivity contribution is 14.0. The Morgan fingerprint density at radius 3 is 2.50 bits per heavy atom. The summed E-state index contributed by atoms with van der Waals surface area (Å²) in [5, 5.41) is 9.30. The highest BCUT2D eigenvalue weighted by atomic mass is 127. The first kappa shape index (κ1) is 18.7. The normalized spacial score (nSPS) is 15.0. The van der Waals surface area contributed by atoms with Crippen LogP contribution >= 0.6 is 24.0 Å². The zero-order valence-corrected chi connectivity index (χ0v) is 15.3. The van der Waals surface area contributed by atoms with Gasteiger partial charge in [0.1, 0.15) is 0 Å². The number of carbonyl (C=O) groups is 1. The Balaban J connectivity index is 0.00000242. The van der Waals surface area contributed by atoms with Gasteiger partial charge in [-0.25, -0.2) is 0 Å². The monoisotopic (exact) mass is 416 g/mol. The number of nitrogens with one attached hydrogen (secondary N) is 3. The molecule has 0 radical (unpaired) electrons. The Labute approximate surface area is 149 Å². The molecule has 1 fully saturated rings. The van der Waals surface area contributed by atoms with Gasteiger partial charge in [-0.15, -0.1) is 24.0 Å². The Morgan fingerprint density at radius 1 is 1.18 bits per heavy atom. The summed E-state index contributed by atoms with van der Waals surface area (Å²) in [6, 6.07) is 10.4. The molecule has 1 aromatic rings. The van der Waals surface area contributed by atoms with Crippen molar-refractivity contribution in [1.82, 2.24) is 16.0 Å². The third-order valence-corrected chi connectivity index (χ3v) is 3.67. The van der Waals surface area contributed by atoms with Gasteiger partial charge in [-0.3, -0.25) is 9.79 Å². The minimum absolute atomic E-state index is 0. The van der Waals surface area contributed by atoms with E-state index in [0.717, 1.165) is 5.56 Å². The predicted octanol–water partition coefficient (Wildman–Crippen LogP) is 2.03. The van der Waals surface area contributed by atoms with Gasteiger partial charge in [0.2, 0.25) is 5.91 Å². The smallest absolute Gasteiger partial charge is 0.239 e. The molecule has 0 aromatic heterocycles.